The first-order valence-corrected chi connectivity index (χ1v) is 3.39. The Balaban J connectivity index is 3.29. The van der Waals surface area contributed by atoms with E-state index in [0.717, 1.165) is 0 Å². The summed E-state index contributed by atoms with van der Waals surface area (Å²) in [6.07, 6.45) is -4.92. The van der Waals surface area contributed by atoms with Crippen LogP contribution in [0.3, 0.4) is 0 Å². The molecule has 1 aromatic carbocycles. The Morgan fingerprint density at radius 2 is 1.64 bits per heavy atom. The lowest BCUT2D eigenvalue weighted by Gasteiger charge is -2.09. The first kappa shape index (κ1) is 10.7. The largest absolute Gasteiger partial charge is 0.419 e. The molecule has 3 N–H and O–H groups in total. The normalized spacial score (nSPS) is 11.6. The van der Waals surface area contributed by atoms with Crippen molar-refractivity contribution in [1.29, 1.82) is 0 Å². The minimum atomic E-state index is -4.92. The number of hydrogen-bond acceptors (Lipinski definition) is 2. The van der Waals surface area contributed by atoms with Gasteiger partial charge in [0.1, 0.15) is 11.6 Å². The fourth-order valence-electron chi connectivity index (χ4n) is 0.875. The first-order valence-electron chi connectivity index (χ1n) is 3.39. The molecule has 0 aliphatic heterocycles. The highest BCUT2D eigenvalue weighted by atomic mass is 19.4. The molecule has 1 rings (SSSR count). The van der Waals surface area contributed by atoms with E-state index in [2.05, 4.69) is 0 Å². The summed E-state index contributed by atoms with van der Waals surface area (Å²) in [4.78, 5) is 0. The lowest BCUT2D eigenvalue weighted by Crippen LogP contribution is -2.13. The SMILES string of the molecule is NNc1cc(F)c(C(F)(F)F)cc1F. The summed E-state index contributed by atoms with van der Waals surface area (Å²) < 4.78 is 61.5. The Hall–Kier alpha value is -1.37. The molecule has 0 atom stereocenters. The summed E-state index contributed by atoms with van der Waals surface area (Å²) in [7, 11) is 0. The summed E-state index contributed by atoms with van der Waals surface area (Å²) in [6.45, 7) is 0. The van der Waals surface area contributed by atoms with Gasteiger partial charge in [-0.25, -0.2) is 8.78 Å². The van der Waals surface area contributed by atoms with E-state index in [9.17, 15) is 22.0 Å². The Morgan fingerprint density at radius 3 is 2.07 bits per heavy atom. The molecule has 0 aromatic heterocycles. The predicted octanol–water partition coefficient (Wildman–Crippen LogP) is 2.27. The van der Waals surface area contributed by atoms with Crippen LogP contribution in [0.2, 0.25) is 0 Å². The summed E-state index contributed by atoms with van der Waals surface area (Å²) >= 11 is 0. The third-order valence-electron chi connectivity index (χ3n) is 1.52. The van der Waals surface area contributed by atoms with Crippen molar-refractivity contribution in [2.75, 3.05) is 5.43 Å². The Labute approximate surface area is 75.5 Å². The highest BCUT2D eigenvalue weighted by Gasteiger charge is 2.35. The lowest BCUT2D eigenvalue weighted by molar-refractivity contribution is -0.140. The van der Waals surface area contributed by atoms with Crippen LogP contribution in [0.25, 0.3) is 0 Å². The van der Waals surface area contributed by atoms with Crippen LogP contribution >= 0.6 is 0 Å². The zero-order valence-corrected chi connectivity index (χ0v) is 6.62. The van der Waals surface area contributed by atoms with Gasteiger partial charge in [-0.1, -0.05) is 0 Å². The number of halogens is 5. The molecular formula is C7H5F5N2. The zero-order valence-electron chi connectivity index (χ0n) is 6.62. The molecule has 0 unspecified atom stereocenters. The van der Waals surface area contributed by atoms with E-state index in [1.54, 1.807) is 5.43 Å². The Bertz CT molecular complexity index is 347. The summed E-state index contributed by atoms with van der Waals surface area (Å²) in [5, 5.41) is 0. The molecule has 0 aliphatic rings. The van der Waals surface area contributed by atoms with Gasteiger partial charge in [-0.3, -0.25) is 5.84 Å². The number of benzene rings is 1. The molecule has 0 saturated carbocycles. The van der Waals surface area contributed by atoms with Gasteiger partial charge in [-0.15, -0.1) is 0 Å². The quantitative estimate of drug-likeness (QED) is 0.425. The van der Waals surface area contributed by atoms with Crippen LogP contribution in [0.1, 0.15) is 5.56 Å². The molecule has 0 saturated heterocycles. The maximum Gasteiger partial charge on any atom is 0.419 e. The van der Waals surface area contributed by atoms with Crippen molar-refractivity contribution in [2.45, 2.75) is 6.18 Å². The van der Waals surface area contributed by atoms with E-state index in [1.165, 1.54) is 0 Å². The van der Waals surface area contributed by atoms with E-state index in [0.29, 0.717) is 6.07 Å². The molecule has 0 amide bonds. The predicted molar refractivity (Wildman–Crippen MR) is 39.2 cm³/mol. The smallest absolute Gasteiger partial charge is 0.321 e. The standard InChI is InChI=1S/C7H5F5N2/c8-4-2-6(14-13)5(9)1-3(4)7(10,11)12/h1-2,14H,13H2. The highest BCUT2D eigenvalue weighted by Crippen LogP contribution is 2.33. The Morgan fingerprint density at radius 1 is 1.07 bits per heavy atom. The average Bonchev–Trinajstić information content (AvgIpc) is 2.06. The maximum atomic E-state index is 12.8. The van der Waals surface area contributed by atoms with Gasteiger partial charge in [0.15, 0.2) is 0 Å². The molecule has 0 aliphatic carbocycles. The lowest BCUT2D eigenvalue weighted by atomic mass is 10.2. The van der Waals surface area contributed by atoms with Crippen LogP contribution in [0, 0.1) is 11.6 Å². The molecular weight excluding hydrogens is 207 g/mol. The number of rotatable bonds is 1. The Kier molecular flexibility index (Phi) is 2.61. The molecule has 14 heavy (non-hydrogen) atoms. The van der Waals surface area contributed by atoms with Crippen molar-refractivity contribution < 1.29 is 22.0 Å². The summed E-state index contributed by atoms with van der Waals surface area (Å²) in [6, 6.07) is 0.392. The molecule has 0 bridgehead atoms. The van der Waals surface area contributed by atoms with Gasteiger partial charge in [-0.2, -0.15) is 13.2 Å². The van der Waals surface area contributed by atoms with Crippen molar-refractivity contribution in [3.63, 3.8) is 0 Å². The number of hydrazine groups is 1. The average molecular weight is 212 g/mol. The third-order valence-corrected chi connectivity index (χ3v) is 1.52. The summed E-state index contributed by atoms with van der Waals surface area (Å²) in [5.74, 6) is 1.90. The van der Waals surface area contributed by atoms with Crippen LogP contribution in [-0.4, -0.2) is 0 Å². The van der Waals surface area contributed by atoms with Gasteiger partial charge in [0.05, 0.1) is 11.3 Å². The van der Waals surface area contributed by atoms with E-state index >= 15 is 0 Å². The first-order chi connectivity index (χ1) is 6.36. The highest BCUT2D eigenvalue weighted by molar-refractivity contribution is 5.46. The van der Waals surface area contributed by atoms with E-state index in [1.807, 2.05) is 0 Å². The van der Waals surface area contributed by atoms with E-state index in [-0.39, 0.29) is 6.07 Å². The topological polar surface area (TPSA) is 38.0 Å². The molecule has 0 heterocycles. The molecule has 1 aromatic rings. The van der Waals surface area contributed by atoms with E-state index < -0.39 is 29.1 Å². The van der Waals surface area contributed by atoms with Crippen molar-refractivity contribution in [2.24, 2.45) is 5.84 Å². The van der Waals surface area contributed by atoms with Crippen molar-refractivity contribution in [1.82, 2.24) is 0 Å². The van der Waals surface area contributed by atoms with E-state index in [4.69, 9.17) is 5.84 Å². The van der Waals surface area contributed by atoms with Gasteiger partial charge in [0.25, 0.3) is 0 Å². The fraction of sp³-hybridized carbons (Fsp3) is 0.143. The molecule has 0 spiro atoms. The fourth-order valence-corrected chi connectivity index (χ4v) is 0.875. The summed E-state index contributed by atoms with van der Waals surface area (Å²) in [5.41, 5.74) is -0.458. The molecule has 0 fully saturated rings. The van der Waals surface area contributed by atoms with Gasteiger partial charge >= 0.3 is 6.18 Å². The monoisotopic (exact) mass is 212 g/mol. The number of nitrogens with one attached hydrogen (secondary N) is 1. The number of hydrogen-bond donors (Lipinski definition) is 2. The number of alkyl halides is 3. The molecule has 78 valence electrons. The second-order valence-corrected chi connectivity index (χ2v) is 2.45. The molecule has 2 nitrogen and oxygen atoms in total. The van der Waals surface area contributed by atoms with Gasteiger partial charge < -0.3 is 5.43 Å². The third kappa shape index (κ3) is 1.92. The minimum absolute atomic E-state index is 0.0462. The van der Waals surface area contributed by atoms with Crippen LogP contribution < -0.4 is 11.3 Å². The van der Waals surface area contributed by atoms with Crippen LogP contribution in [-0.2, 0) is 6.18 Å². The van der Waals surface area contributed by atoms with Crippen LogP contribution in [0.15, 0.2) is 12.1 Å². The van der Waals surface area contributed by atoms with Gasteiger partial charge in [0, 0.05) is 6.07 Å². The van der Waals surface area contributed by atoms with Crippen LogP contribution in [0.4, 0.5) is 27.6 Å². The second kappa shape index (κ2) is 3.41. The number of nitrogens with two attached hydrogens (primary N) is 1. The number of nitrogen functional groups attached to an aromatic ring is 1. The molecule has 0 radical (unpaired) electrons. The molecule has 7 heteroatoms. The van der Waals surface area contributed by atoms with Crippen molar-refractivity contribution in [3.05, 3.63) is 29.3 Å². The van der Waals surface area contributed by atoms with Gasteiger partial charge in [0.2, 0.25) is 0 Å². The minimum Gasteiger partial charge on any atom is -0.321 e. The number of anilines is 1. The second-order valence-electron chi connectivity index (χ2n) is 2.45. The van der Waals surface area contributed by atoms with Crippen LogP contribution in [0.5, 0.6) is 0 Å². The zero-order chi connectivity index (χ0) is 10.9. The van der Waals surface area contributed by atoms with Crippen molar-refractivity contribution >= 4 is 5.69 Å². The van der Waals surface area contributed by atoms with Crippen molar-refractivity contribution in [3.8, 4) is 0 Å². The maximum absolute atomic E-state index is 12.8. The van der Waals surface area contributed by atoms with Gasteiger partial charge in [-0.05, 0) is 6.07 Å².